The number of piperidine rings is 2. The summed E-state index contributed by atoms with van der Waals surface area (Å²) in [4.78, 5) is 4.41. The Kier molecular flexibility index (Phi) is 2.91. The first kappa shape index (κ1) is 12.1. The molecule has 0 spiro atoms. The number of hydrogen-bond donors (Lipinski definition) is 2. The van der Waals surface area contributed by atoms with Crippen LogP contribution in [0.4, 0.5) is 0 Å². The molecule has 3 heteroatoms. The number of pyridine rings is 1. The van der Waals surface area contributed by atoms with Crippen molar-refractivity contribution in [1.29, 1.82) is 0 Å². The minimum atomic E-state index is -0.653. The van der Waals surface area contributed by atoms with Crippen LogP contribution in [0.15, 0.2) is 12.1 Å². The van der Waals surface area contributed by atoms with E-state index in [9.17, 15) is 5.11 Å². The highest BCUT2D eigenvalue weighted by atomic mass is 16.3. The predicted octanol–water partition coefficient (Wildman–Crippen LogP) is 2.19. The Balaban J connectivity index is 1.93. The van der Waals surface area contributed by atoms with Crippen molar-refractivity contribution in [3.05, 3.63) is 29.1 Å². The Morgan fingerprint density at radius 2 is 1.72 bits per heavy atom. The van der Waals surface area contributed by atoms with Crippen molar-refractivity contribution in [2.24, 2.45) is 0 Å². The number of aliphatic hydroxyl groups is 1. The Morgan fingerprint density at radius 3 is 2.28 bits per heavy atom. The highest BCUT2D eigenvalue weighted by Gasteiger charge is 2.41. The van der Waals surface area contributed by atoms with Crippen LogP contribution in [0.2, 0.25) is 0 Å². The molecule has 0 saturated carbocycles. The second-order valence-electron chi connectivity index (χ2n) is 6.07. The van der Waals surface area contributed by atoms with Crippen molar-refractivity contribution >= 4 is 0 Å². The fourth-order valence-electron chi connectivity index (χ4n) is 3.67. The standard InChI is InChI=1S/C15H22N2O/c1-10-6-12(7-11(2)16-10)15(18)8-13-4-3-5-14(9-15)17-13/h6-7,13-14,17-18H,3-5,8-9H2,1-2H3. The summed E-state index contributed by atoms with van der Waals surface area (Å²) < 4.78 is 0. The molecule has 3 nitrogen and oxygen atoms in total. The van der Waals surface area contributed by atoms with E-state index in [-0.39, 0.29) is 0 Å². The molecule has 1 aromatic rings. The zero-order chi connectivity index (χ0) is 12.8. The average molecular weight is 246 g/mol. The van der Waals surface area contributed by atoms with Gasteiger partial charge in [0.2, 0.25) is 0 Å². The second kappa shape index (κ2) is 4.32. The molecule has 0 radical (unpaired) electrons. The summed E-state index contributed by atoms with van der Waals surface area (Å²) in [6.07, 6.45) is 5.37. The molecule has 2 saturated heterocycles. The van der Waals surface area contributed by atoms with Crippen LogP contribution in [-0.2, 0) is 5.60 Å². The van der Waals surface area contributed by atoms with E-state index < -0.39 is 5.60 Å². The number of rotatable bonds is 1. The van der Waals surface area contributed by atoms with E-state index in [2.05, 4.69) is 10.3 Å². The molecule has 3 rings (SSSR count). The Labute approximate surface area is 109 Å². The lowest BCUT2D eigenvalue weighted by Gasteiger charge is -2.45. The molecule has 2 bridgehead atoms. The van der Waals surface area contributed by atoms with Crippen LogP contribution in [0, 0.1) is 13.8 Å². The van der Waals surface area contributed by atoms with Crippen LogP contribution in [0.25, 0.3) is 0 Å². The van der Waals surface area contributed by atoms with Crippen molar-refractivity contribution in [2.45, 2.75) is 63.6 Å². The quantitative estimate of drug-likeness (QED) is 0.798. The lowest BCUT2D eigenvalue weighted by atomic mass is 9.74. The molecule has 2 aliphatic rings. The van der Waals surface area contributed by atoms with E-state index in [4.69, 9.17) is 0 Å². The summed E-state index contributed by atoms with van der Waals surface area (Å²) in [6.45, 7) is 4.00. The van der Waals surface area contributed by atoms with Gasteiger partial charge in [-0.2, -0.15) is 0 Å². The minimum Gasteiger partial charge on any atom is -0.385 e. The first-order valence-electron chi connectivity index (χ1n) is 6.99. The van der Waals surface area contributed by atoms with Crippen LogP contribution < -0.4 is 5.32 Å². The molecule has 0 amide bonds. The zero-order valence-corrected chi connectivity index (χ0v) is 11.2. The zero-order valence-electron chi connectivity index (χ0n) is 11.2. The van der Waals surface area contributed by atoms with Gasteiger partial charge in [-0.05, 0) is 57.2 Å². The SMILES string of the molecule is Cc1cc(C2(O)CC3CCCC(C2)N3)cc(C)n1. The summed E-state index contributed by atoms with van der Waals surface area (Å²) in [7, 11) is 0. The third kappa shape index (κ3) is 2.17. The van der Waals surface area contributed by atoms with Crippen molar-refractivity contribution in [3.8, 4) is 0 Å². The highest BCUT2D eigenvalue weighted by Crippen LogP contribution is 2.39. The lowest BCUT2D eigenvalue weighted by Crippen LogP contribution is -2.54. The monoisotopic (exact) mass is 246 g/mol. The van der Waals surface area contributed by atoms with Crippen LogP contribution in [0.5, 0.6) is 0 Å². The fourth-order valence-corrected chi connectivity index (χ4v) is 3.67. The number of aryl methyl sites for hydroxylation is 2. The van der Waals surface area contributed by atoms with E-state index in [1.54, 1.807) is 0 Å². The van der Waals surface area contributed by atoms with Crippen molar-refractivity contribution in [1.82, 2.24) is 10.3 Å². The largest absolute Gasteiger partial charge is 0.385 e. The molecule has 98 valence electrons. The maximum atomic E-state index is 11.0. The third-order valence-corrected chi connectivity index (χ3v) is 4.36. The Morgan fingerprint density at radius 1 is 1.17 bits per heavy atom. The van der Waals surface area contributed by atoms with Crippen LogP contribution in [0.1, 0.15) is 49.1 Å². The molecule has 1 aromatic heterocycles. The molecular formula is C15H22N2O. The van der Waals surface area contributed by atoms with Crippen LogP contribution in [-0.4, -0.2) is 22.2 Å². The summed E-state index contributed by atoms with van der Waals surface area (Å²) in [5.41, 5.74) is 2.41. The van der Waals surface area contributed by atoms with Gasteiger partial charge in [-0.15, -0.1) is 0 Å². The Hall–Kier alpha value is -0.930. The van der Waals surface area contributed by atoms with Gasteiger partial charge in [0.1, 0.15) is 0 Å². The van der Waals surface area contributed by atoms with Gasteiger partial charge in [-0.25, -0.2) is 0 Å². The van der Waals surface area contributed by atoms with Gasteiger partial charge in [0.15, 0.2) is 0 Å². The maximum absolute atomic E-state index is 11.0. The molecule has 2 fully saturated rings. The molecule has 0 aromatic carbocycles. The predicted molar refractivity (Wildman–Crippen MR) is 71.4 cm³/mol. The topological polar surface area (TPSA) is 45.1 Å². The molecule has 2 N–H and O–H groups in total. The molecule has 3 heterocycles. The lowest BCUT2D eigenvalue weighted by molar-refractivity contribution is -0.0360. The van der Waals surface area contributed by atoms with E-state index >= 15 is 0 Å². The summed E-state index contributed by atoms with van der Waals surface area (Å²) >= 11 is 0. The van der Waals surface area contributed by atoms with Gasteiger partial charge < -0.3 is 10.4 Å². The molecule has 2 atom stereocenters. The molecule has 2 unspecified atom stereocenters. The van der Waals surface area contributed by atoms with Crippen molar-refractivity contribution in [3.63, 3.8) is 0 Å². The van der Waals surface area contributed by atoms with Gasteiger partial charge in [0, 0.05) is 23.5 Å². The van der Waals surface area contributed by atoms with E-state index in [1.807, 2.05) is 26.0 Å². The molecule has 18 heavy (non-hydrogen) atoms. The number of nitrogens with zero attached hydrogens (tertiary/aromatic N) is 1. The normalized spacial score (nSPS) is 35.5. The average Bonchev–Trinajstić information content (AvgIpc) is 2.26. The van der Waals surface area contributed by atoms with Crippen molar-refractivity contribution < 1.29 is 5.11 Å². The summed E-state index contributed by atoms with van der Waals surface area (Å²) in [5, 5.41) is 14.7. The van der Waals surface area contributed by atoms with Gasteiger partial charge in [0.25, 0.3) is 0 Å². The molecular weight excluding hydrogens is 224 g/mol. The van der Waals surface area contributed by atoms with Crippen molar-refractivity contribution in [2.75, 3.05) is 0 Å². The first-order valence-corrected chi connectivity index (χ1v) is 6.99. The van der Waals surface area contributed by atoms with Crippen LogP contribution in [0.3, 0.4) is 0 Å². The highest BCUT2D eigenvalue weighted by molar-refractivity contribution is 5.28. The molecule has 2 aliphatic heterocycles. The number of fused-ring (bicyclic) bond motifs is 2. The van der Waals surface area contributed by atoms with Gasteiger partial charge >= 0.3 is 0 Å². The molecule has 0 aliphatic carbocycles. The number of nitrogens with one attached hydrogen (secondary N) is 1. The first-order chi connectivity index (χ1) is 8.55. The van der Waals surface area contributed by atoms with Gasteiger partial charge in [-0.3, -0.25) is 4.98 Å². The third-order valence-electron chi connectivity index (χ3n) is 4.36. The Bertz CT molecular complexity index is 426. The smallest absolute Gasteiger partial charge is 0.0927 e. The second-order valence-corrected chi connectivity index (χ2v) is 6.07. The van der Waals surface area contributed by atoms with E-state index in [1.165, 1.54) is 19.3 Å². The summed E-state index contributed by atoms with van der Waals surface area (Å²) in [5.74, 6) is 0. The van der Waals surface area contributed by atoms with E-state index in [0.717, 1.165) is 29.8 Å². The maximum Gasteiger partial charge on any atom is 0.0927 e. The van der Waals surface area contributed by atoms with E-state index in [0.29, 0.717) is 12.1 Å². The number of hydrogen-bond acceptors (Lipinski definition) is 3. The minimum absolute atomic E-state index is 0.483. The van der Waals surface area contributed by atoms with Crippen LogP contribution >= 0.6 is 0 Å². The number of aromatic nitrogens is 1. The van der Waals surface area contributed by atoms with Gasteiger partial charge in [-0.1, -0.05) is 6.42 Å². The van der Waals surface area contributed by atoms with Gasteiger partial charge in [0.05, 0.1) is 5.60 Å². The summed E-state index contributed by atoms with van der Waals surface area (Å²) in [6, 6.07) is 5.06. The fraction of sp³-hybridized carbons (Fsp3) is 0.667.